The highest BCUT2D eigenvalue weighted by atomic mass is 32.2. The zero-order chi connectivity index (χ0) is 21.4. The van der Waals surface area contributed by atoms with E-state index in [-0.39, 0.29) is 18.9 Å². The van der Waals surface area contributed by atoms with Crippen LogP contribution in [0.4, 0.5) is 5.69 Å². The third kappa shape index (κ3) is 6.38. The van der Waals surface area contributed by atoms with Crippen molar-refractivity contribution in [3.05, 3.63) is 54.1 Å². The Labute approximate surface area is 178 Å². The molecule has 2 aromatic carbocycles. The van der Waals surface area contributed by atoms with Crippen LogP contribution in [0.15, 0.2) is 48.5 Å². The number of nitrogens with one attached hydrogen (secondary N) is 1. The van der Waals surface area contributed by atoms with E-state index in [9.17, 15) is 13.2 Å². The van der Waals surface area contributed by atoms with Gasteiger partial charge in [-0.1, -0.05) is 30.3 Å². The second-order valence-electron chi connectivity index (χ2n) is 7.21. The van der Waals surface area contributed by atoms with Crippen molar-refractivity contribution in [3.8, 4) is 11.5 Å². The maximum absolute atomic E-state index is 12.3. The normalized spacial score (nSPS) is 13.0. The van der Waals surface area contributed by atoms with Gasteiger partial charge in [-0.25, -0.2) is 8.42 Å². The summed E-state index contributed by atoms with van der Waals surface area (Å²) in [7, 11) is -3.49. The molecule has 1 aliphatic heterocycles. The van der Waals surface area contributed by atoms with E-state index in [0.717, 1.165) is 19.1 Å². The molecule has 0 saturated heterocycles. The minimum Gasteiger partial charge on any atom is -0.486 e. The van der Waals surface area contributed by atoms with Gasteiger partial charge in [-0.05, 0) is 37.0 Å². The summed E-state index contributed by atoms with van der Waals surface area (Å²) in [5, 5.41) is 2.90. The van der Waals surface area contributed by atoms with E-state index in [2.05, 4.69) is 17.4 Å². The molecule has 0 spiro atoms. The third-order valence-corrected chi connectivity index (χ3v) is 5.98. The Bertz CT molecular complexity index is 947. The monoisotopic (exact) mass is 432 g/mol. The van der Waals surface area contributed by atoms with Crippen molar-refractivity contribution >= 4 is 21.6 Å². The van der Waals surface area contributed by atoms with Crippen LogP contribution in [-0.4, -0.2) is 46.9 Å². The smallest absolute Gasteiger partial charge is 0.232 e. The zero-order valence-corrected chi connectivity index (χ0v) is 18.0. The second-order valence-corrected chi connectivity index (χ2v) is 9.11. The van der Waals surface area contributed by atoms with Crippen LogP contribution in [0.25, 0.3) is 0 Å². The molecular formula is C22H28N2O5S. The number of amides is 1. The number of nitrogens with zero attached hydrogens (tertiary/aromatic N) is 1. The van der Waals surface area contributed by atoms with Crippen molar-refractivity contribution in [2.45, 2.75) is 25.7 Å². The average Bonchev–Trinajstić information content (AvgIpc) is 2.74. The summed E-state index contributed by atoms with van der Waals surface area (Å²) < 4.78 is 36.9. The van der Waals surface area contributed by atoms with E-state index in [0.29, 0.717) is 43.4 Å². The highest BCUT2D eigenvalue weighted by molar-refractivity contribution is 7.92. The molecule has 0 atom stereocenters. The largest absolute Gasteiger partial charge is 0.486 e. The molecule has 0 saturated carbocycles. The van der Waals surface area contributed by atoms with Crippen molar-refractivity contribution in [3.63, 3.8) is 0 Å². The van der Waals surface area contributed by atoms with Crippen LogP contribution < -0.4 is 19.1 Å². The van der Waals surface area contributed by atoms with Gasteiger partial charge in [0.25, 0.3) is 0 Å². The summed E-state index contributed by atoms with van der Waals surface area (Å²) in [6, 6.07) is 15.2. The van der Waals surface area contributed by atoms with Gasteiger partial charge in [0.15, 0.2) is 11.5 Å². The van der Waals surface area contributed by atoms with Gasteiger partial charge in [-0.2, -0.15) is 0 Å². The molecule has 162 valence electrons. The van der Waals surface area contributed by atoms with E-state index >= 15 is 0 Å². The molecule has 0 unspecified atom stereocenters. The van der Waals surface area contributed by atoms with Crippen molar-refractivity contribution in [1.29, 1.82) is 0 Å². The van der Waals surface area contributed by atoms with E-state index in [1.54, 1.807) is 18.2 Å². The first-order valence-corrected chi connectivity index (χ1v) is 12.0. The number of anilines is 1. The molecule has 0 aliphatic carbocycles. The standard InChI is InChI=1S/C22H28N2O5S/c1-30(26,27)24(19-11-12-20-21(17-19)29-16-15-28-20)14-6-10-22(25)23-13-5-9-18-7-3-2-4-8-18/h2-4,7-8,11-12,17H,5-6,9-10,13-16H2,1H3,(H,23,25). The highest BCUT2D eigenvalue weighted by Gasteiger charge is 2.20. The number of benzene rings is 2. The van der Waals surface area contributed by atoms with Gasteiger partial charge in [-0.3, -0.25) is 9.10 Å². The fourth-order valence-corrected chi connectivity index (χ4v) is 4.27. The zero-order valence-electron chi connectivity index (χ0n) is 17.2. The Morgan fingerprint density at radius 1 is 1.03 bits per heavy atom. The first-order chi connectivity index (χ1) is 14.4. The number of sulfonamides is 1. The third-order valence-electron chi connectivity index (χ3n) is 4.79. The van der Waals surface area contributed by atoms with E-state index in [4.69, 9.17) is 9.47 Å². The lowest BCUT2D eigenvalue weighted by molar-refractivity contribution is -0.121. The second kappa shape index (κ2) is 10.3. The van der Waals surface area contributed by atoms with Crippen molar-refractivity contribution in [1.82, 2.24) is 5.32 Å². The number of hydrogen-bond donors (Lipinski definition) is 1. The SMILES string of the molecule is CS(=O)(=O)N(CCCC(=O)NCCCc1ccccc1)c1ccc2c(c1)OCCO2. The van der Waals surface area contributed by atoms with Crippen LogP contribution in [0.2, 0.25) is 0 Å². The van der Waals surface area contributed by atoms with Gasteiger partial charge in [0.2, 0.25) is 15.9 Å². The van der Waals surface area contributed by atoms with Crippen LogP contribution in [-0.2, 0) is 21.2 Å². The molecule has 30 heavy (non-hydrogen) atoms. The lowest BCUT2D eigenvalue weighted by Gasteiger charge is -2.25. The molecule has 3 rings (SSSR count). The Hall–Kier alpha value is -2.74. The molecule has 1 amide bonds. The molecule has 0 radical (unpaired) electrons. The number of carbonyl (C=O) groups is 1. The predicted octanol–water partition coefficient (Wildman–Crippen LogP) is 2.75. The summed E-state index contributed by atoms with van der Waals surface area (Å²) in [6.45, 7) is 1.73. The molecule has 7 nitrogen and oxygen atoms in total. The molecule has 0 aromatic heterocycles. The van der Waals surface area contributed by atoms with Gasteiger partial charge in [0.1, 0.15) is 13.2 Å². The lowest BCUT2D eigenvalue weighted by Crippen LogP contribution is -2.32. The minimum absolute atomic E-state index is 0.0707. The van der Waals surface area contributed by atoms with Crippen molar-refractivity contribution in [2.24, 2.45) is 0 Å². The number of ether oxygens (including phenoxy) is 2. The number of aryl methyl sites for hydroxylation is 1. The lowest BCUT2D eigenvalue weighted by atomic mass is 10.1. The molecule has 0 fully saturated rings. The van der Waals surface area contributed by atoms with Gasteiger partial charge in [0, 0.05) is 25.6 Å². The van der Waals surface area contributed by atoms with Gasteiger partial charge >= 0.3 is 0 Å². The van der Waals surface area contributed by atoms with Crippen molar-refractivity contribution in [2.75, 3.05) is 36.9 Å². The van der Waals surface area contributed by atoms with Gasteiger partial charge in [0.05, 0.1) is 11.9 Å². The summed E-state index contributed by atoms with van der Waals surface area (Å²) >= 11 is 0. The Balaban J connectivity index is 1.46. The highest BCUT2D eigenvalue weighted by Crippen LogP contribution is 2.34. The first-order valence-electron chi connectivity index (χ1n) is 10.1. The number of fused-ring (bicyclic) bond motifs is 1. The van der Waals surface area contributed by atoms with Crippen LogP contribution in [0, 0.1) is 0 Å². The predicted molar refractivity (Wildman–Crippen MR) is 117 cm³/mol. The van der Waals surface area contributed by atoms with Crippen LogP contribution in [0.1, 0.15) is 24.8 Å². The Kier molecular flexibility index (Phi) is 7.57. The summed E-state index contributed by atoms with van der Waals surface area (Å²) in [5.41, 5.74) is 1.75. The molecule has 1 N–H and O–H groups in total. The van der Waals surface area contributed by atoms with Crippen LogP contribution >= 0.6 is 0 Å². The fraction of sp³-hybridized carbons (Fsp3) is 0.409. The summed E-state index contributed by atoms with van der Waals surface area (Å²) in [6.07, 6.45) is 3.62. The molecule has 8 heteroatoms. The fourth-order valence-electron chi connectivity index (χ4n) is 3.31. The van der Waals surface area contributed by atoms with E-state index < -0.39 is 10.0 Å². The topological polar surface area (TPSA) is 84.9 Å². The van der Waals surface area contributed by atoms with Gasteiger partial charge in [-0.15, -0.1) is 0 Å². The minimum atomic E-state index is -3.49. The summed E-state index contributed by atoms with van der Waals surface area (Å²) in [5.74, 6) is 1.07. The Morgan fingerprint density at radius 2 is 1.77 bits per heavy atom. The van der Waals surface area contributed by atoms with Gasteiger partial charge < -0.3 is 14.8 Å². The van der Waals surface area contributed by atoms with E-state index in [1.165, 1.54) is 9.87 Å². The van der Waals surface area contributed by atoms with Crippen LogP contribution in [0.5, 0.6) is 11.5 Å². The maximum Gasteiger partial charge on any atom is 0.232 e. The quantitative estimate of drug-likeness (QED) is 0.584. The molecule has 2 aromatic rings. The first kappa shape index (κ1) is 22.0. The number of hydrogen-bond acceptors (Lipinski definition) is 5. The average molecular weight is 433 g/mol. The number of carbonyl (C=O) groups excluding carboxylic acids is 1. The van der Waals surface area contributed by atoms with Crippen molar-refractivity contribution < 1.29 is 22.7 Å². The maximum atomic E-state index is 12.3. The Morgan fingerprint density at radius 3 is 2.50 bits per heavy atom. The van der Waals surface area contributed by atoms with E-state index in [1.807, 2.05) is 18.2 Å². The molecule has 0 bridgehead atoms. The summed E-state index contributed by atoms with van der Waals surface area (Å²) in [4.78, 5) is 12.1. The van der Waals surface area contributed by atoms with Crippen LogP contribution in [0.3, 0.4) is 0 Å². The molecule has 1 heterocycles. The number of rotatable bonds is 10. The molecule has 1 aliphatic rings. The molecular weight excluding hydrogens is 404 g/mol.